The molecule has 0 bridgehead atoms. The number of carbonyl (C=O) groups excluding carboxylic acids is 2. The molecule has 0 saturated heterocycles. The Kier molecular flexibility index (Phi) is 3.50. The Morgan fingerprint density at radius 3 is 2.61 bits per heavy atom. The minimum absolute atomic E-state index is 0.149. The van der Waals surface area contributed by atoms with Crippen LogP contribution in [0.4, 0.5) is 5.69 Å². The van der Waals surface area contributed by atoms with Crippen LogP contribution in [0.3, 0.4) is 0 Å². The molecule has 1 aliphatic rings. The molecule has 0 N–H and O–H groups in total. The molecule has 1 aromatic rings. The van der Waals surface area contributed by atoms with Gasteiger partial charge in [0, 0.05) is 30.1 Å². The maximum Gasteiger partial charge on any atom is 0.226 e. The monoisotopic (exact) mass is 245 g/mol. The van der Waals surface area contributed by atoms with Crippen molar-refractivity contribution in [2.24, 2.45) is 0 Å². The second-order valence-corrected chi connectivity index (χ2v) is 4.79. The van der Waals surface area contributed by atoms with Crippen LogP contribution in [0.5, 0.6) is 0 Å². The average molecular weight is 245 g/mol. The fourth-order valence-corrected chi connectivity index (χ4v) is 2.56. The smallest absolute Gasteiger partial charge is 0.226 e. The highest BCUT2D eigenvalue weighted by molar-refractivity contribution is 5.99. The number of benzene rings is 1. The molecule has 96 valence electrons. The zero-order chi connectivity index (χ0) is 13.3. The van der Waals surface area contributed by atoms with Gasteiger partial charge in [0.2, 0.25) is 5.91 Å². The summed E-state index contributed by atoms with van der Waals surface area (Å²) in [6.45, 7) is 5.79. The molecule has 2 rings (SSSR count). The van der Waals surface area contributed by atoms with Crippen molar-refractivity contribution in [3.05, 3.63) is 29.3 Å². The Morgan fingerprint density at radius 1 is 1.28 bits per heavy atom. The number of carbonyl (C=O) groups is 2. The van der Waals surface area contributed by atoms with Crippen molar-refractivity contribution in [2.45, 2.75) is 46.1 Å². The van der Waals surface area contributed by atoms with E-state index in [9.17, 15) is 9.59 Å². The lowest BCUT2D eigenvalue weighted by atomic mass is 10.0. The van der Waals surface area contributed by atoms with E-state index in [1.54, 1.807) is 0 Å². The topological polar surface area (TPSA) is 37.4 Å². The molecule has 0 aliphatic carbocycles. The van der Waals surface area contributed by atoms with Gasteiger partial charge in [0.1, 0.15) is 0 Å². The van der Waals surface area contributed by atoms with Gasteiger partial charge in [-0.3, -0.25) is 9.59 Å². The van der Waals surface area contributed by atoms with Gasteiger partial charge >= 0.3 is 0 Å². The fraction of sp³-hybridized carbons (Fsp3) is 0.467. The van der Waals surface area contributed by atoms with E-state index in [0.717, 1.165) is 23.2 Å². The number of Topliss-reactive ketones (excluding diaryl/α,β-unsaturated/α-hetero) is 1. The molecule has 1 unspecified atom stereocenters. The lowest BCUT2D eigenvalue weighted by Gasteiger charge is -2.22. The molecule has 1 aromatic carbocycles. The Hall–Kier alpha value is -1.64. The summed E-state index contributed by atoms with van der Waals surface area (Å²) < 4.78 is 0. The minimum Gasteiger partial charge on any atom is -0.309 e. The van der Waals surface area contributed by atoms with Gasteiger partial charge in [0.25, 0.3) is 0 Å². The molecule has 0 fully saturated rings. The lowest BCUT2D eigenvalue weighted by molar-refractivity contribution is -0.118. The SMILES string of the molecule is CCC(=O)c1ccc2c(c1)CC(C)N2C(=O)CC. The normalized spacial score (nSPS) is 17.7. The summed E-state index contributed by atoms with van der Waals surface area (Å²) in [5.74, 6) is 0.307. The minimum atomic E-state index is 0.149. The zero-order valence-electron chi connectivity index (χ0n) is 11.2. The fourth-order valence-electron chi connectivity index (χ4n) is 2.56. The van der Waals surface area contributed by atoms with Crippen LogP contribution < -0.4 is 4.90 Å². The Labute approximate surface area is 108 Å². The molecular formula is C15H19NO2. The van der Waals surface area contributed by atoms with Gasteiger partial charge in [-0.25, -0.2) is 0 Å². The van der Waals surface area contributed by atoms with Gasteiger partial charge in [0.05, 0.1) is 0 Å². The van der Waals surface area contributed by atoms with Crippen LogP contribution in [-0.2, 0) is 11.2 Å². The lowest BCUT2D eigenvalue weighted by Crippen LogP contribution is -2.35. The Bertz CT molecular complexity index is 493. The van der Waals surface area contributed by atoms with Crippen LogP contribution in [0.2, 0.25) is 0 Å². The van der Waals surface area contributed by atoms with Crippen LogP contribution >= 0.6 is 0 Å². The quantitative estimate of drug-likeness (QED) is 0.768. The first kappa shape index (κ1) is 12.8. The number of hydrogen-bond acceptors (Lipinski definition) is 2. The van der Waals surface area contributed by atoms with Crippen LogP contribution in [0.25, 0.3) is 0 Å². The highest BCUT2D eigenvalue weighted by Crippen LogP contribution is 2.33. The largest absolute Gasteiger partial charge is 0.309 e. The molecule has 1 aliphatic heterocycles. The first-order valence-corrected chi connectivity index (χ1v) is 6.56. The van der Waals surface area contributed by atoms with Gasteiger partial charge in [-0.1, -0.05) is 13.8 Å². The van der Waals surface area contributed by atoms with Crippen molar-refractivity contribution >= 4 is 17.4 Å². The highest BCUT2D eigenvalue weighted by atomic mass is 16.2. The molecule has 18 heavy (non-hydrogen) atoms. The molecule has 3 heteroatoms. The third-order valence-electron chi connectivity index (χ3n) is 3.51. The maximum atomic E-state index is 11.9. The molecule has 3 nitrogen and oxygen atoms in total. The second kappa shape index (κ2) is 4.92. The van der Waals surface area contributed by atoms with Gasteiger partial charge in [-0.05, 0) is 37.1 Å². The number of ketones is 1. The van der Waals surface area contributed by atoms with Crippen molar-refractivity contribution in [1.82, 2.24) is 0 Å². The molecule has 0 saturated carbocycles. The second-order valence-electron chi connectivity index (χ2n) is 4.79. The van der Waals surface area contributed by atoms with E-state index in [1.165, 1.54) is 0 Å². The third kappa shape index (κ3) is 2.05. The Morgan fingerprint density at radius 2 is 2.00 bits per heavy atom. The van der Waals surface area contributed by atoms with Crippen LogP contribution in [0.15, 0.2) is 18.2 Å². The summed E-state index contributed by atoms with van der Waals surface area (Å²) >= 11 is 0. The van der Waals surface area contributed by atoms with E-state index in [2.05, 4.69) is 6.92 Å². The molecule has 1 heterocycles. The standard InChI is InChI=1S/C15H19NO2/c1-4-14(17)11-6-7-13-12(9-11)8-10(3)16(13)15(18)5-2/h6-7,9-10H,4-5,8H2,1-3H3. The van der Waals surface area contributed by atoms with E-state index < -0.39 is 0 Å². The van der Waals surface area contributed by atoms with E-state index >= 15 is 0 Å². The van der Waals surface area contributed by atoms with E-state index in [4.69, 9.17) is 0 Å². The van der Waals surface area contributed by atoms with E-state index in [-0.39, 0.29) is 17.7 Å². The van der Waals surface area contributed by atoms with Crippen LogP contribution in [0, 0.1) is 0 Å². The van der Waals surface area contributed by atoms with Crippen molar-refractivity contribution < 1.29 is 9.59 Å². The summed E-state index contributed by atoms with van der Waals surface area (Å²) in [6.07, 6.45) is 1.87. The predicted octanol–water partition coefficient (Wildman–Crippen LogP) is 2.97. The van der Waals surface area contributed by atoms with Gasteiger partial charge < -0.3 is 4.90 Å². The molecule has 1 atom stereocenters. The van der Waals surface area contributed by atoms with Crippen molar-refractivity contribution in [3.8, 4) is 0 Å². The van der Waals surface area contributed by atoms with Crippen LogP contribution in [-0.4, -0.2) is 17.7 Å². The number of rotatable bonds is 3. The van der Waals surface area contributed by atoms with Crippen molar-refractivity contribution in [1.29, 1.82) is 0 Å². The first-order valence-electron chi connectivity index (χ1n) is 6.56. The molecule has 0 radical (unpaired) electrons. The van der Waals surface area contributed by atoms with E-state index in [1.807, 2.05) is 36.9 Å². The highest BCUT2D eigenvalue weighted by Gasteiger charge is 2.30. The number of nitrogens with zero attached hydrogens (tertiary/aromatic N) is 1. The van der Waals surface area contributed by atoms with E-state index in [0.29, 0.717) is 12.8 Å². The first-order chi connectivity index (χ1) is 8.58. The maximum absolute atomic E-state index is 11.9. The van der Waals surface area contributed by atoms with Crippen molar-refractivity contribution in [3.63, 3.8) is 0 Å². The Balaban J connectivity index is 2.38. The summed E-state index contributed by atoms with van der Waals surface area (Å²) in [5.41, 5.74) is 2.85. The van der Waals surface area contributed by atoms with Gasteiger partial charge in [-0.15, -0.1) is 0 Å². The summed E-state index contributed by atoms with van der Waals surface area (Å²) in [5, 5.41) is 0. The number of amides is 1. The zero-order valence-corrected chi connectivity index (χ0v) is 11.2. The average Bonchev–Trinajstić information content (AvgIpc) is 2.71. The summed E-state index contributed by atoms with van der Waals surface area (Å²) in [7, 11) is 0. The summed E-state index contributed by atoms with van der Waals surface area (Å²) in [4.78, 5) is 25.5. The number of anilines is 1. The number of fused-ring (bicyclic) bond motifs is 1. The number of hydrogen-bond donors (Lipinski definition) is 0. The molecule has 1 amide bonds. The molecule has 0 spiro atoms. The third-order valence-corrected chi connectivity index (χ3v) is 3.51. The van der Waals surface area contributed by atoms with Gasteiger partial charge in [-0.2, -0.15) is 0 Å². The molecule has 0 aromatic heterocycles. The van der Waals surface area contributed by atoms with Crippen molar-refractivity contribution in [2.75, 3.05) is 4.90 Å². The molecular weight excluding hydrogens is 226 g/mol. The predicted molar refractivity (Wildman–Crippen MR) is 72.0 cm³/mol. The van der Waals surface area contributed by atoms with Crippen LogP contribution in [0.1, 0.15) is 49.5 Å². The summed E-state index contributed by atoms with van der Waals surface area (Å²) in [6, 6.07) is 5.88. The van der Waals surface area contributed by atoms with Gasteiger partial charge in [0.15, 0.2) is 5.78 Å².